The molecule has 2 N–H and O–H groups in total. The van der Waals surface area contributed by atoms with Crippen molar-refractivity contribution in [3.8, 4) is 6.07 Å². The minimum Gasteiger partial charge on any atom is -0.319 e. The molecule has 1 amide bonds. The Balaban J connectivity index is 1.84. The van der Waals surface area contributed by atoms with E-state index in [1.54, 1.807) is 36.4 Å². The van der Waals surface area contributed by atoms with Gasteiger partial charge in [0.25, 0.3) is 5.92 Å². The highest BCUT2D eigenvalue weighted by molar-refractivity contribution is 6.09. The number of nitrogens with two attached hydrogens (primary N) is 1. The highest BCUT2D eigenvalue weighted by atomic mass is 19.3. The van der Waals surface area contributed by atoms with Gasteiger partial charge in [0.2, 0.25) is 5.91 Å². The van der Waals surface area contributed by atoms with E-state index in [1.165, 1.54) is 13.1 Å². The second-order valence-corrected chi connectivity index (χ2v) is 6.73. The van der Waals surface area contributed by atoms with Crippen LogP contribution in [0.15, 0.2) is 36.5 Å². The minimum absolute atomic E-state index is 0.361. The van der Waals surface area contributed by atoms with Gasteiger partial charge in [-0.3, -0.25) is 14.6 Å². The molecular formula is C19H18F2N4O2. The number of halogens is 2. The number of nitrogens with zero attached hydrogens (tertiary/aromatic N) is 3. The Bertz CT molecular complexity index is 935. The first kappa shape index (κ1) is 18.9. The third-order valence-electron chi connectivity index (χ3n) is 4.85. The van der Waals surface area contributed by atoms with E-state index in [0.717, 1.165) is 4.90 Å². The number of rotatable bonds is 4. The lowest BCUT2D eigenvalue weighted by Crippen LogP contribution is -2.50. The summed E-state index contributed by atoms with van der Waals surface area (Å²) in [6.07, 6.45) is 0.766. The zero-order valence-electron chi connectivity index (χ0n) is 14.6. The number of aromatic nitrogens is 1. The second kappa shape index (κ2) is 7.00. The molecule has 2 aromatic rings. The summed E-state index contributed by atoms with van der Waals surface area (Å²) < 4.78 is 27.2. The largest absolute Gasteiger partial charge is 0.319 e. The van der Waals surface area contributed by atoms with Crippen LogP contribution in [0.5, 0.6) is 0 Å². The van der Waals surface area contributed by atoms with Crippen LogP contribution in [0, 0.1) is 17.2 Å². The SMILES string of the molecule is CC(C(=O)c1ccnc2ccccc12)C(N)C(=O)N1CC(F)(F)CC1C#N. The molecule has 140 valence electrons. The lowest BCUT2D eigenvalue weighted by atomic mass is 9.90. The third-order valence-corrected chi connectivity index (χ3v) is 4.85. The van der Waals surface area contributed by atoms with Crippen LogP contribution >= 0.6 is 0 Å². The molecule has 3 atom stereocenters. The Labute approximate surface area is 154 Å². The number of amides is 1. The number of hydrogen-bond acceptors (Lipinski definition) is 5. The molecule has 0 spiro atoms. The fourth-order valence-corrected chi connectivity index (χ4v) is 3.29. The Kier molecular flexibility index (Phi) is 4.89. The summed E-state index contributed by atoms with van der Waals surface area (Å²) in [5, 5.41) is 9.68. The standard InChI is InChI=1S/C19H18F2N4O2/c1-11(16(23)18(27)25-10-19(20,21)8-12(25)9-22)17(26)14-6-7-24-15-5-3-2-4-13(14)15/h2-7,11-12,16H,8,10,23H2,1H3. The molecule has 0 bridgehead atoms. The molecule has 1 aliphatic heterocycles. The van der Waals surface area contributed by atoms with Crippen LogP contribution in [0.4, 0.5) is 8.78 Å². The number of Topliss-reactive ketones (excluding diaryl/α,β-unsaturated/α-hetero) is 1. The number of pyridine rings is 1. The summed E-state index contributed by atoms with van der Waals surface area (Å²) in [5.74, 6) is -5.28. The molecule has 1 saturated heterocycles. The molecular weight excluding hydrogens is 354 g/mol. The van der Waals surface area contributed by atoms with Gasteiger partial charge in [-0.15, -0.1) is 0 Å². The van der Waals surface area contributed by atoms with E-state index in [9.17, 15) is 18.4 Å². The molecule has 3 rings (SSSR count). The van der Waals surface area contributed by atoms with Crippen molar-refractivity contribution in [2.24, 2.45) is 11.7 Å². The van der Waals surface area contributed by atoms with Crippen LogP contribution < -0.4 is 5.73 Å². The summed E-state index contributed by atoms with van der Waals surface area (Å²) in [7, 11) is 0. The highest BCUT2D eigenvalue weighted by Crippen LogP contribution is 2.32. The molecule has 1 aromatic heterocycles. The predicted octanol–water partition coefficient (Wildman–Crippen LogP) is 2.14. The van der Waals surface area contributed by atoms with Crippen LogP contribution in [0.25, 0.3) is 10.9 Å². The Morgan fingerprint density at radius 1 is 1.37 bits per heavy atom. The summed E-state index contributed by atoms with van der Waals surface area (Å²) in [5.41, 5.74) is 6.93. The van der Waals surface area contributed by atoms with Crippen molar-refractivity contribution in [2.45, 2.75) is 31.4 Å². The monoisotopic (exact) mass is 372 g/mol. The molecule has 0 radical (unpaired) electrons. The molecule has 1 aromatic carbocycles. The number of nitriles is 1. The fourth-order valence-electron chi connectivity index (χ4n) is 3.29. The van der Waals surface area contributed by atoms with Gasteiger partial charge in [-0.25, -0.2) is 8.78 Å². The number of carbonyl (C=O) groups excluding carboxylic acids is 2. The molecule has 0 saturated carbocycles. The Hall–Kier alpha value is -2.92. The number of fused-ring (bicyclic) bond motifs is 1. The summed E-state index contributed by atoms with van der Waals surface area (Å²) in [6.45, 7) is 0.618. The molecule has 6 nitrogen and oxygen atoms in total. The maximum atomic E-state index is 13.6. The molecule has 3 unspecified atom stereocenters. The van der Waals surface area contributed by atoms with E-state index in [0.29, 0.717) is 16.5 Å². The van der Waals surface area contributed by atoms with Crippen molar-refractivity contribution in [1.82, 2.24) is 9.88 Å². The first-order valence-electron chi connectivity index (χ1n) is 8.46. The van der Waals surface area contributed by atoms with E-state index in [-0.39, 0.29) is 5.78 Å². The van der Waals surface area contributed by atoms with Crippen molar-refractivity contribution in [3.05, 3.63) is 42.1 Å². The lowest BCUT2D eigenvalue weighted by molar-refractivity contribution is -0.134. The molecule has 2 heterocycles. The zero-order valence-corrected chi connectivity index (χ0v) is 14.6. The zero-order chi connectivity index (χ0) is 19.8. The maximum absolute atomic E-state index is 13.6. The topological polar surface area (TPSA) is 100 Å². The smallest absolute Gasteiger partial charge is 0.268 e. The van der Waals surface area contributed by atoms with Crippen molar-refractivity contribution in [1.29, 1.82) is 5.26 Å². The van der Waals surface area contributed by atoms with Crippen molar-refractivity contribution in [3.63, 3.8) is 0 Å². The second-order valence-electron chi connectivity index (χ2n) is 6.73. The normalized spacial score (nSPS) is 20.9. The van der Waals surface area contributed by atoms with Crippen molar-refractivity contribution < 1.29 is 18.4 Å². The van der Waals surface area contributed by atoms with Crippen LogP contribution in [0.2, 0.25) is 0 Å². The van der Waals surface area contributed by atoms with E-state index < -0.39 is 42.8 Å². The highest BCUT2D eigenvalue weighted by Gasteiger charge is 2.48. The maximum Gasteiger partial charge on any atom is 0.268 e. The Morgan fingerprint density at radius 2 is 2.07 bits per heavy atom. The number of benzene rings is 1. The molecule has 1 aliphatic rings. The van der Waals surface area contributed by atoms with Gasteiger partial charge in [0.1, 0.15) is 6.04 Å². The van der Waals surface area contributed by atoms with Crippen LogP contribution in [-0.4, -0.2) is 46.1 Å². The van der Waals surface area contributed by atoms with Gasteiger partial charge in [0.15, 0.2) is 5.78 Å². The molecule has 27 heavy (non-hydrogen) atoms. The van der Waals surface area contributed by atoms with E-state index in [1.807, 2.05) is 0 Å². The number of ketones is 1. The van der Waals surface area contributed by atoms with Crippen LogP contribution in [-0.2, 0) is 4.79 Å². The number of carbonyl (C=O) groups is 2. The molecule has 0 aliphatic carbocycles. The van der Waals surface area contributed by atoms with E-state index >= 15 is 0 Å². The third kappa shape index (κ3) is 3.51. The van der Waals surface area contributed by atoms with Gasteiger partial charge in [-0.2, -0.15) is 5.26 Å². The summed E-state index contributed by atoms with van der Waals surface area (Å²) >= 11 is 0. The van der Waals surface area contributed by atoms with Gasteiger partial charge >= 0.3 is 0 Å². The number of para-hydroxylation sites is 1. The summed E-state index contributed by atoms with van der Waals surface area (Å²) in [6, 6.07) is 7.72. The number of likely N-dealkylation sites (tertiary alicyclic amines) is 1. The Morgan fingerprint density at radius 3 is 2.78 bits per heavy atom. The van der Waals surface area contributed by atoms with Crippen LogP contribution in [0.1, 0.15) is 23.7 Å². The predicted molar refractivity (Wildman–Crippen MR) is 93.9 cm³/mol. The average molecular weight is 372 g/mol. The van der Waals surface area contributed by atoms with Crippen molar-refractivity contribution in [2.75, 3.05) is 6.54 Å². The van der Waals surface area contributed by atoms with E-state index in [2.05, 4.69) is 4.98 Å². The number of hydrogen-bond donors (Lipinski definition) is 1. The number of alkyl halides is 2. The fraction of sp³-hybridized carbons (Fsp3) is 0.368. The average Bonchev–Trinajstić information content (AvgIpc) is 2.99. The van der Waals surface area contributed by atoms with Gasteiger partial charge in [-0.05, 0) is 12.1 Å². The van der Waals surface area contributed by atoms with Gasteiger partial charge in [0, 0.05) is 29.5 Å². The van der Waals surface area contributed by atoms with Gasteiger partial charge < -0.3 is 10.6 Å². The van der Waals surface area contributed by atoms with Gasteiger partial charge in [-0.1, -0.05) is 25.1 Å². The molecule has 8 heteroatoms. The van der Waals surface area contributed by atoms with Crippen LogP contribution in [0.3, 0.4) is 0 Å². The first-order chi connectivity index (χ1) is 12.7. The minimum atomic E-state index is -3.13. The lowest BCUT2D eigenvalue weighted by Gasteiger charge is -2.26. The first-order valence-corrected chi connectivity index (χ1v) is 8.46. The summed E-state index contributed by atoms with van der Waals surface area (Å²) in [4.78, 5) is 30.5. The van der Waals surface area contributed by atoms with E-state index in [4.69, 9.17) is 11.0 Å². The van der Waals surface area contributed by atoms with Gasteiger partial charge in [0.05, 0.1) is 24.2 Å². The van der Waals surface area contributed by atoms with Crippen molar-refractivity contribution >= 4 is 22.6 Å². The molecule has 1 fully saturated rings. The quantitative estimate of drug-likeness (QED) is 0.829.